The second-order valence-corrected chi connectivity index (χ2v) is 7.67. The van der Waals surface area contributed by atoms with Crippen LogP contribution in [0.2, 0.25) is 0 Å². The maximum absolute atomic E-state index is 14.2. The molecule has 2 N–H and O–H groups in total. The highest BCUT2D eigenvalue weighted by atomic mass is 19.1. The first kappa shape index (κ1) is 19.5. The van der Waals surface area contributed by atoms with Crippen LogP contribution in [0.1, 0.15) is 18.4 Å². The molecule has 1 fully saturated rings. The molecule has 0 aromatic heterocycles. The quantitative estimate of drug-likeness (QED) is 0.778. The highest BCUT2D eigenvalue weighted by Gasteiger charge is 2.26. The number of hydrogen-bond donors (Lipinski definition) is 2. The Morgan fingerprint density at radius 3 is 2.69 bits per heavy atom. The van der Waals surface area contributed by atoms with E-state index in [0.717, 1.165) is 38.0 Å². The minimum atomic E-state index is -0.301. The van der Waals surface area contributed by atoms with E-state index in [2.05, 4.69) is 10.4 Å². The fraction of sp³-hybridized carbons (Fsp3) is 0.364. The topological polar surface area (TPSA) is 51.2 Å². The number of likely N-dealkylation sites (tertiary alicyclic amines) is 1. The number of piperidine rings is 1. The van der Waals surface area contributed by atoms with Gasteiger partial charge in [-0.25, -0.2) is 9.40 Å². The number of para-hydroxylation sites is 1. The molecule has 29 heavy (non-hydrogen) atoms. The van der Waals surface area contributed by atoms with Crippen LogP contribution < -0.4 is 10.5 Å². The first-order valence-electron chi connectivity index (χ1n) is 9.97. The van der Waals surface area contributed by atoms with Gasteiger partial charge in [0.1, 0.15) is 11.6 Å². The molecule has 0 unspecified atom stereocenters. The molecule has 2 aromatic rings. The lowest BCUT2D eigenvalue weighted by atomic mass is 9.97. The summed E-state index contributed by atoms with van der Waals surface area (Å²) in [5, 5.41) is 13.0. The zero-order chi connectivity index (χ0) is 20.2. The Bertz CT molecular complexity index is 867. The van der Waals surface area contributed by atoms with Crippen LogP contribution in [0.3, 0.4) is 0 Å². The zero-order valence-corrected chi connectivity index (χ0v) is 16.6. The van der Waals surface area contributed by atoms with Crippen molar-refractivity contribution >= 4 is 5.69 Å². The van der Waals surface area contributed by atoms with Crippen LogP contribution in [-0.2, 0) is 11.3 Å². The van der Waals surface area contributed by atoms with E-state index in [1.165, 1.54) is 6.07 Å². The highest BCUT2D eigenvalue weighted by molar-refractivity contribution is 5.51. The van der Waals surface area contributed by atoms with Gasteiger partial charge in [0.15, 0.2) is 0 Å². The maximum Gasteiger partial charge on any atom is 0.228 e. The van der Waals surface area contributed by atoms with Gasteiger partial charge >= 0.3 is 0 Å². The van der Waals surface area contributed by atoms with Crippen molar-refractivity contribution in [1.82, 2.24) is 15.4 Å². The number of halogens is 1. The lowest BCUT2D eigenvalue weighted by molar-refractivity contribution is 0.101. The van der Waals surface area contributed by atoms with Crippen LogP contribution in [-0.4, -0.2) is 41.8 Å². The van der Waals surface area contributed by atoms with Crippen molar-refractivity contribution in [2.75, 3.05) is 31.8 Å². The average Bonchev–Trinajstić information content (AvgIpc) is 3.08. The van der Waals surface area contributed by atoms with Gasteiger partial charge < -0.3 is 9.84 Å². The summed E-state index contributed by atoms with van der Waals surface area (Å²) >= 11 is 0. The first-order chi connectivity index (χ1) is 14.1. The fourth-order valence-electron chi connectivity index (χ4n) is 3.79. The third kappa shape index (κ3) is 4.81. The molecule has 0 saturated carbocycles. The summed E-state index contributed by atoms with van der Waals surface area (Å²) in [5.74, 6) is 1.07. The minimum Gasteiger partial charge on any atom is -0.508 e. The number of phenols is 1. The van der Waals surface area contributed by atoms with E-state index >= 15 is 0 Å². The van der Waals surface area contributed by atoms with Gasteiger partial charge in [-0.1, -0.05) is 24.3 Å². The van der Waals surface area contributed by atoms with Gasteiger partial charge in [0.25, 0.3) is 0 Å². The van der Waals surface area contributed by atoms with Crippen LogP contribution in [0.15, 0.2) is 60.6 Å². The third-order valence-corrected chi connectivity index (χ3v) is 5.37. The number of aromatic hydroxyl groups is 1. The molecule has 0 spiro atoms. The van der Waals surface area contributed by atoms with Crippen molar-refractivity contribution in [2.24, 2.45) is 5.92 Å². The molecule has 2 aliphatic rings. The first-order valence-corrected chi connectivity index (χ1v) is 9.97. The van der Waals surface area contributed by atoms with Crippen molar-refractivity contribution in [3.63, 3.8) is 0 Å². The fourth-order valence-corrected chi connectivity index (χ4v) is 3.79. The van der Waals surface area contributed by atoms with E-state index in [4.69, 9.17) is 4.74 Å². The Kier molecular flexibility index (Phi) is 5.87. The molecule has 154 valence electrons. The Morgan fingerprint density at radius 2 is 1.93 bits per heavy atom. The maximum atomic E-state index is 14.2. The van der Waals surface area contributed by atoms with E-state index in [-0.39, 0.29) is 5.82 Å². The van der Waals surface area contributed by atoms with Crippen molar-refractivity contribution in [3.05, 3.63) is 72.0 Å². The monoisotopic (exact) mass is 398 g/mol. The number of ether oxygens (including phenoxy) is 1. The predicted octanol–water partition coefficient (Wildman–Crippen LogP) is 3.43. The molecule has 0 amide bonds. The summed E-state index contributed by atoms with van der Waals surface area (Å²) in [7, 11) is 1.85. The van der Waals surface area contributed by atoms with Gasteiger partial charge in [-0.05, 0) is 61.7 Å². The normalized spacial score (nSPS) is 18.2. The van der Waals surface area contributed by atoms with Gasteiger partial charge in [-0.3, -0.25) is 9.91 Å². The molecule has 7 heteroatoms. The molecule has 2 aromatic carbocycles. The number of hydrogen-bond acceptors (Lipinski definition) is 6. The lowest BCUT2D eigenvalue weighted by Crippen LogP contribution is -2.40. The number of phenolic OH excluding ortho intramolecular Hbond substituents is 1. The smallest absolute Gasteiger partial charge is 0.228 e. The van der Waals surface area contributed by atoms with Gasteiger partial charge in [0.05, 0.1) is 18.5 Å². The summed E-state index contributed by atoms with van der Waals surface area (Å²) in [6.45, 7) is 3.45. The zero-order valence-electron chi connectivity index (χ0n) is 16.6. The molecule has 0 aliphatic carbocycles. The minimum absolute atomic E-state index is 0.301. The van der Waals surface area contributed by atoms with Crippen molar-refractivity contribution in [1.29, 1.82) is 0 Å². The van der Waals surface area contributed by atoms with Crippen LogP contribution in [0.5, 0.6) is 5.75 Å². The summed E-state index contributed by atoms with van der Waals surface area (Å²) in [5.41, 5.74) is 4.63. The number of nitrogens with zero attached hydrogens (tertiary/aromatic N) is 3. The van der Waals surface area contributed by atoms with Gasteiger partial charge in [0.2, 0.25) is 5.88 Å². The second kappa shape index (κ2) is 8.71. The summed E-state index contributed by atoms with van der Waals surface area (Å²) in [6.07, 6.45) is 3.92. The van der Waals surface area contributed by atoms with E-state index in [9.17, 15) is 9.50 Å². The summed E-state index contributed by atoms with van der Waals surface area (Å²) in [6, 6.07) is 14.1. The van der Waals surface area contributed by atoms with Crippen LogP contribution in [0, 0.1) is 11.7 Å². The number of nitrogens with one attached hydrogen (secondary N) is 1. The number of hydrazine groups is 2. The van der Waals surface area contributed by atoms with Crippen LogP contribution >= 0.6 is 0 Å². The van der Waals surface area contributed by atoms with Gasteiger partial charge in [-0.2, -0.15) is 0 Å². The van der Waals surface area contributed by atoms with E-state index in [1.54, 1.807) is 34.3 Å². The van der Waals surface area contributed by atoms with Gasteiger partial charge in [-0.15, -0.1) is 5.53 Å². The molecule has 0 bridgehead atoms. The second-order valence-electron chi connectivity index (χ2n) is 7.67. The molecule has 0 atom stereocenters. The molecular formula is C22H27FN4O2. The lowest BCUT2D eigenvalue weighted by Gasteiger charge is -2.32. The molecule has 1 saturated heterocycles. The number of anilines is 1. The Morgan fingerprint density at radius 1 is 1.14 bits per heavy atom. The van der Waals surface area contributed by atoms with Crippen molar-refractivity contribution in [3.8, 4) is 5.75 Å². The largest absolute Gasteiger partial charge is 0.508 e. The molecule has 2 heterocycles. The van der Waals surface area contributed by atoms with E-state index in [0.29, 0.717) is 29.8 Å². The van der Waals surface area contributed by atoms with Gasteiger partial charge in [0, 0.05) is 13.6 Å². The highest BCUT2D eigenvalue weighted by Crippen LogP contribution is 2.27. The van der Waals surface area contributed by atoms with Crippen molar-refractivity contribution in [2.45, 2.75) is 19.4 Å². The summed E-state index contributed by atoms with van der Waals surface area (Å²) < 4.78 is 20.2. The molecule has 4 rings (SSSR count). The standard InChI is InChI=1S/C22H27FN4O2/c1-25-15-22(27(24-25)21-8-3-2-7-20(21)23)29-16-17-9-11-26(12-10-17)14-18-5-4-6-19(28)13-18/h2-8,13,15,17,24,28H,9-12,14,16H2,1H3. The third-order valence-electron chi connectivity index (χ3n) is 5.37. The summed E-state index contributed by atoms with van der Waals surface area (Å²) in [4.78, 5) is 2.40. The van der Waals surface area contributed by atoms with E-state index in [1.807, 2.05) is 31.4 Å². The Hall–Kier alpha value is -2.77. The van der Waals surface area contributed by atoms with Crippen molar-refractivity contribution < 1.29 is 14.2 Å². The number of rotatable bonds is 6. The predicted molar refractivity (Wildman–Crippen MR) is 110 cm³/mol. The van der Waals surface area contributed by atoms with E-state index < -0.39 is 0 Å². The Balaban J connectivity index is 1.28. The SMILES string of the molecule is CN1C=C(OCC2CCN(Cc3cccc(O)c3)CC2)N(c2ccccc2F)N1. The number of benzene rings is 2. The van der Waals surface area contributed by atoms with Crippen LogP contribution in [0.4, 0.5) is 10.1 Å². The van der Waals surface area contributed by atoms with Crippen LogP contribution in [0.25, 0.3) is 0 Å². The molecule has 6 nitrogen and oxygen atoms in total. The molecule has 0 radical (unpaired) electrons. The average molecular weight is 398 g/mol. The molecule has 2 aliphatic heterocycles. The Labute approximate surface area is 170 Å². The molecular weight excluding hydrogens is 371 g/mol.